The Morgan fingerprint density at radius 2 is 2.00 bits per heavy atom. The highest BCUT2D eigenvalue weighted by molar-refractivity contribution is 7.10. The monoisotopic (exact) mass is 353 g/mol. The van der Waals surface area contributed by atoms with E-state index in [1.54, 1.807) is 11.3 Å². The molecule has 3 rings (SSSR count). The van der Waals surface area contributed by atoms with Gasteiger partial charge >= 0.3 is 0 Å². The number of aliphatic imine (C=N–C) groups is 1. The van der Waals surface area contributed by atoms with Gasteiger partial charge in [-0.3, -0.25) is 0 Å². The molecule has 25 heavy (non-hydrogen) atoms. The van der Waals surface area contributed by atoms with Crippen LogP contribution in [0.15, 0.2) is 59.0 Å². The van der Waals surface area contributed by atoms with Crippen molar-refractivity contribution in [3.8, 4) is 5.69 Å². The quantitative estimate of drug-likeness (QED) is 0.527. The second kappa shape index (κ2) is 8.48. The van der Waals surface area contributed by atoms with Gasteiger partial charge in [0.2, 0.25) is 0 Å². The van der Waals surface area contributed by atoms with Crippen LogP contribution in [0.3, 0.4) is 0 Å². The molecule has 2 heterocycles. The Kier molecular flexibility index (Phi) is 5.85. The number of aryl methyl sites for hydroxylation is 1. The molecule has 6 heteroatoms. The molecule has 5 nitrogen and oxygen atoms in total. The summed E-state index contributed by atoms with van der Waals surface area (Å²) in [6.45, 7) is 6.35. The van der Waals surface area contributed by atoms with Gasteiger partial charge in [-0.2, -0.15) is 5.10 Å². The largest absolute Gasteiger partial charge is 0.357 e. The molecule has 1 aromatic carbocycles. The number of hydrogen-bond donors (Lipinski definition) is 2. The van der Waals surface area contributed by atoms with E-state index in [1.165, 1.54) is 10.4 Å². The van der Waals surface area contributed by atoms with E-state index in [1.807, 2.05) is 47.3 Å². The van der Waals surface area contributed by atoms with Crippen LogP contribution in [-0.2, 0) is 13.1 Å². The van der Waals surface area contributed by atoms with Crippen molar-refractivity contribution in [2.75, 3.05) is 6.54 Å². The lowest BCUT2D eigenvalue weighted by Crippen LogP contribution is -2.36. The summed E-state index contributed by atoms with van der Waals surface area (Å²) in [7, 11) is 0. The predicted octanol–water partition coefficient (Wildman–Crippen LogP) is 3.50. The first-order valence-corrected chi connectivity index (χ1v) is 9.29. The summed E-state index contributed by atoms with van der Waals surface area (Å²) < 4.78 is 1.88. The maximum atomic E-state index is 4.64. The van der Waals surface area contributed by atoms with E-state index >= 15 is 0 Å². The van der Waals surface area contributed by atoms with Gasteiger partial charge in [0.1, 0.15) is 0 Å². The Morgan fingerprint density at radius 3 is 2.72 bits per heavy atom. The van der Waals surface area contributed by atoms with Crippen molar-refractivity contribution < 1.29 is 0 Å². The van der Waals surface area contributed by atoms with Gasteiger partial charge in [-0.25, -0.2) is 9.67 Å². The summed E-state index contributed by atoms with van der Waals surface area (Å²) >= 11 is 1.76. The summed E-state index contributed by atoms with van der Waals surface area (Å²) in [5.74, 6) is 0.810. The molecule has 0 bridgehead atoms. The first-order chi connectivity index (χ1) is 12.3. The number of rotatable bonds is 6. The fourth-order valence-corrected chi connectivity index (χ4v) is 3.27. The van der Waals surface area contributed by atoms with Crippen molar-refractivity contribution in [2.24, 2.45) is 4.99 Å². The molecule has 2 aromatic heterocycles. The van der Waals surface area contributed by atoms with Crippen LogP contribution < -0.4 is 10.6 Å². The Hall–Kier alpha value is -2.60. The number of nitrogens with zero attached hydrogens (tertiary/aromatic N) is 3. The van der Waals surface area contributed by atoms with Crippen LogP contribution in [0.1, 0.15) is 23.1 Å². The van der Waals surface area contributed by atoms with E-state index < -0.39 is 0 Å². The molecule has 0 aliphatic carbocycles. The Morgan fingerprint density at radius 1 is 1.16 bits per heavy atom. The van der Waals surface area contributed by atoms with Crippen molar-refractivity contribution in [1.82, 2.24) is 20.4 Å². The average molecular weight is 353 g/mol. The van der Waals surface area contributed by atoms with Crippen molar-refractivity contribution in [1.29, 1.82) is 0 Å². The lowest BCUT2D eigenvalue weighted by Gasteiger charge is -2.10. The molecule has 0 amide bonds. The molecule has 0 atom stereocenters. The van der Waals surface area contributed by atoms with Gasteiger partial charge in [-0.05, 0) is 49.1 Å². The van der Waals surface area contributed by atoms with Gasteiger partial charge in [0.05, 0.1) is 24.5 Å². The van der Waals surface area contributed by atoms with E-state index in [0.29, 0.717) is 6.54 Å². The fourth-order valence-electron chi connectivity index (χ4n) is 2.42. The van der Waals surface area contributed by atoms with Crippen molar-refractivity contribution in [3.63, 3.8) is 0 Å². The molecule has 0 unspecified atom stereocenters. The first kappa shape index (κ1) is 17.2. The molecule has 0 aliphatic rings. The standard InChI is InChI=1S/C19H23N5S/c1-3-20-19(22-14-18-15(2)10-12-25-18)21-13-16-9-11-24(23-16)17-7-5-4-6-8-17/h4-12H,3,13-14H2,1-2H3,(H2,20,21,22). The van der Waals surface area contributed by atoms with Gasteiger partial charge in [0, 0.05) is 17.6 Å². The molecule has 2 N–H and O–H groups in total. The van der Waals surface area contributed by atoms with Gasteiger partial charge in [-0.1, -0.05) is 18.2 Å². The van der Waals surface area contributed by atoms with Crippen LogP contribution in [0.4, 0.5) is 0 Å². The molecule has 130 valence electrons. The van der Waals surface area contributed by atoms with Crippen LogP contribution in [0.25, 0.3) is 5.69 Å². The maximum Gasteiger partial charge on any atom is 0.191 e. The Bertz CT molecular complexity index is 819. The average Bonchev–Trinajstić information content (AvgIpc) is 3.27. The first-order valence-electron chi connectivity index (χ1n) is 8.41. The lowest BCUT2D eigenvalue weighted by molar-refractivity contribution is 0.800. The molecular formula is C19H23N5S. The van der Waals surface area contributed by atoms with Crippen molar-refractivity contribution in [3.05, 3.63) is 70.2 Å². The van der Waals surface area contributed by atoms with Crippen LogP contribution in [0, 0.1) is 6.92 Å². The van der Waals surface area contributed by atoms with Gasteiger partial charge in [0.25, 0.3) is 0 Å². The van der Waals surface area contributed by atoms with E-state index in [0.717, 1.165) is 30.4 Å². The number of para-hydroxylation sites is 1. The smallest absolute Gasteiger partial charge is 0.191 e. The predicted molar refractivity (Wildman–Crippen MR) is 104 cm³/mol. The number of benzene rings is 1. The van der Waals surface area contributed by atoms with Crippen LogP contribution in [0.2, 0.25) is 0 Å². The number of aromatic nitrogens is 2. The number of nitrogens with one attached hydrogen (secondary N) is 2. The molecule has 0 aliphatic heterocycles. The summed E-state index contributed by atoms with van der Waals surface area (Å²) in [6.07, 6.45) is 1.97. The van der Waals surface area contributed by atoms with E-state index in [2.05, 4.69) is 46.0 Å². The third-order valence-corrected chi connectivity index (χ3v) is 4.82. The number of guanidine groups is 1. The zero-order valence-corrected chi connectivity index (χ0v) is 15.4. The summed E-state index contributed by atoms with van der Waals surface area (Å²) in [5.41, 5.74) is 3.30. The minimum absolute atomic E-state index is 0.540. The molecule has 0 saturated heterocycles. The van der Waals surface area contributed by atoms with Crippen LogP contribution >= 0.6 is 11.3 Å². The zero-order chi connectivity index (χ0) is 17.5. The molecule has 0 radical (unpaired) electrons. The highest BCUT2D eigenvalue weighted by Crippen LogP contribution is 2.14. The third kappa shape index (κ3) is 4.70. The Balaban J connectivity index is 1.63. The minimum Gasteiger partial charge on any atom is -0.357 e. The minimum atomic E-state index is 0.540. The highest BCUT2D eigenvalue weighted by Gasteiger charge is 2.04. The summed E-state index contributed by atoms with van der Waals surface area (Å²) in [6, 6.07) is 14.2. The molecule has 0 spiro atoms. The molecular weight excluding hydrogens is 330 g/mol. The zero-order valence-electron chi connectivity index (χ0n) is 14.6. The van der Waals surface area contributed by atoms with Gasteiger partial charge in [-0.15, -0.1) is 11.3 Å². The van der Waals surface area contributed by atoms with Gasteiger partial charge in [0.15, 0.2) is 5.96 Å². The van der Waals surface area contributed by atoms with Gasteiger partial charge < -0.3 is 10.6 Å². The highest BCUT2D eigenvalue weighted by atomic mass is 32.1. The number of hydrogen-bond acceptors (Lipinski definition) is 3. The van der Waals surface area contributed by atoms with Crippen LogP contribution in [0.5, 0.6) is 0 Å². The second-order valence-electron chi connectivity index (χ2n) is 5.66. The van der Waals surface area contributed by atoms with E-state index in [4.69, 9.17) is 0 Å². The lowest BCUT2D eigenvalue weighted by atomic mass is 10.3. The van der Waals surface area contributed by atoms with Crippen molar-refractivity contribution >= 4 is 17.3 Å². The summed E-state index contributed by atoms with van der Waals surface area (Å²) in [5, 5.41) is 13.4. The third-order valence-electron chi connectivity index (χ3n) is 3.79. The second-order valence-corrected chi connectivity index (χ2v) is 6.66. The van der Waals surface area contributed by atoms with E-state index in [9.17, 15) is 0 Å². The van der Waals surface area contributed by atoms with E-state index in [-0.39, 0.29) is 0 Å². The van der Waals surface area contributed by atoms with Crippen molar-refractivity contribution in [2.45, 2.75) is 26.9 Å². The molecule has 0 fully saturated rings. The normalized spacial score (nSPS) is 11.5. The van der Waals surface area contributed by atoms with Crippen LogP contribution in [-0.4, -0.2) is 22.3 Å². The maximum absolute atomic E-state index is 4.64. The Labute approximate surface area is 152 Å². The SMILES string of the molecule is CCNC(=NCc1ccn(-c2ccccc2)n1)NCc1sccc1C. The number of thiophene rings is 1. The molecule has 3 aromatic rings. The molecule has 0 saturated carbocycles. The summed E-state index contributed by atoms with van der Waals surface area (Å²) in [4.78, 5) is 5.98. The topological polar surface area (TPSA) is 54.2 Å². The fraction of sp³-hybridized carbons (Fsp3) is 0.263.